The Morgan fingerprint density at radius 3 is 2.75 bits per heavy atom. The number of carbonyl (C=O) groups is 2. The molecule has 0 aliphatic rings. The number of aromatic carboxylic acids is 1. The van der Waals surface area contributed by atoms with Crippen LogP contribution in [0.2, 0.25) is 0 Å². The number of benzene rings is 1. The number of hydrogen-bond donors (Lipinski definition) is 2. The van der Waals surface area contributed by atoms with Crippen LogP contribution in [0.4, 0.5) is 5.69 Å². The molecule has 2 rings (SSSR count). The fourth-order valence-corrected chi connectivity index (χ4v) is 2.05. The van der Waals surface area contributed by atoms with Gasteiger partial charge in [0, 0.05) is 16.9 Å². The normalized spacial score (nSPS) is 10.1. The summed E-state index contributed by atoms with van der Waals surface area (Å²) in [4.78, 5) is 27.0. The third kappa shape index (κ3) is 3.64. The summed E-state index contributed by atoms with van der Waals surface area (Å²) in [5.41, 5.74) is 1.08. The van der Waals surface area contributed by atoms with Gasteiger partial charge >= 0.3 is 5.97 Å². The van der Waals surface area contributed by atoms with Crippen LogP contribution in [0, 0.1) is 0 Å². The van der Waals surface area contributed by atoms with Gasteiger partial charge < -0.3 is 10.4 Å². The van der Waals surface area contributed by atoms with Gasteiger partial charge in [0.15, 0.2) is 0 Å². The van der Waals surface area contributed by atoms with Gasteiger partial charge in [0.05, 0.1) is 17.7 Å². The Labute approximate surface area is 123 Å². The van der Waals surface area contributed by atoms with E-state index in [-0.39, 0.29) is 23.6 Å². The first-order valence-electron chi connectivity index (χ1n) is 5.78. The van der Waals surface area contributed by atoms with E-state index in [0.29, 0.717) is 4.47 Å². The number of carboxylic acids is 1. The second-order valence-electron chi connectivity index (χ2n) is 4.08. The van der Waals surface area contributed by atoms with Gasteiger partial charge in [-0.3, -0.25) is 9.78 Å². The summed E-state index contributed by atoms with van der Waals surface area (Å²) in [6.07, 6.45) is 3.36. The van der Waals surface area contributed by atoms with Crippen LogP contribution in [0.5, 0.6) is 0 Å². The molecule has 2 N–H and O–H groups in total. The van der Waals surface area contributed by atoms with E-state index in [9.17, 15) is 9.59 Å². The summed E-state index contributed by atoms with van der Waals surface area (Å²) in [5.74, 6) is -1.38. The maximum absolute atomic E-state index is 11.9. The molecule has 6 heteroatoms. The number of amides is 1. The molecular weight excluding hydrogens is 324 g/mol. The average molecular weight is 335 g/mol. The van der Waals surface area contributed by atoms with Crippen LogP contribution >= 0.6 is 15.9 Å². The number of rotatable bonds is 4. The van der Waals surface area contributed by atoms with Gasteiger partial charge in [-0.1, -0.05) is 22.0 Å². The number of anilines is 1. The second-order valence-corrected chi connectivity index (χ2v) is 5.00. The molecule has 0 radical (unpaired) electrons. The molecule has 0 atom stereocenters. The lowest BCUT2D eigenvalue weighted by Crippen LogP contribution is -2.16. The Balaban J connectivity index is 2.14. The van der Waals surface area contributed by atoms with Crippen molar-refractivity contribution in [2.24, 2.45) is 0 Å². The number of halogens is 1. The molecule has 0 aliphatic carbocycles. The molecule has 1 amide bonds. The van der Waals surface area contributed by atoms with Crippen molar-refractivity contribution in [1.82, 2.24) is 4.98 Å². The number of carboxylic acid groups (broad SMARTS) is 1. The minimum Gasteiger partial charge on any atom is -0.478 e. The van der Waals surface area contributed by atoms with Crippen molar-refractivity contribution in [3.63, 3.8) is 0 Å². The molecule has 5 nitrogen and oxygen atoms in total. The molecule has 1 aromatic carbocycles. The molecule has 20 heavy (non-hydrogen) atoms. The average Bonchev–Trinajstić information content (AvgIpc) is 2.41. The Morgan fingerprint density at radius 2 is 2.10 bits per heavy atom. The summed E-state index contributed by atoms with van der Waals surface area (Å²) in [6, 6.07) is 8.19. The number of nitrogens with zero attached hydrogens (tertiary/aromatic N) is 1. The quantitative estimate of drug-likeness (QED) is 0.900. The lowest BCUT2D eigenvalue weighted by molar-refractivity contribution is -0.115. The van der Waals surface area contributed by atoms with Crippen molar-refractivity contribution in [3.8, 4) is 0 Å². The van der Waals surface area contributed by atoms with E-state index < -0.39 is 5.97 Å². The highest BCUT2D eigenvalue weighted by Gasteiger charge is 2.13. The number of aromatic nitrogens is 1. The topological polar surface area (TPSA) is 79.3 Å². The molecule has 0 saturated heterocycles. The largest absolute Gasteiger partial charge is 0.478 e. The zero-order valence-corrected chi connectivity index (χ0v) is 11.9. The molecule has 1 heterocycles. The van der Waals surface area contributed by atoms with Gasteiger partial charge in [0.2, 0.25) is 5.91 Å². The molecule has 0 saturated carbocycles. The van der Waals surface area contributed by atoms with Crippen molar-refractivity contribution in [3.05, 3.63) is 58.3 Å². The van der Waals surface area contributed by atoms with Crippen LogP contribution in [-0.2, 0) is 11.2 Å². The molecule has 0 unspecified atom stereocenters. The van der Waals surface area contributed by atoms with E-state index in [1.165, 1.54) is 6.07 Å². The zero-order chi connectivity index (χ0) is 14.5. The van der Waals surface area contributed by atoms with E-state index >= 15 is 0 Å². The van der Waals surface area contributed by atoms with E-state index in [4.69, 9.17) is 5.11 Å². The van der Waals surface area contributed by atoms with Gasteiger partial charge in [-0.05, 0) is 29.8 Å². The predicted molar refractivity (Wildman–Crippen MR) is 77.7 cm³/mol. The summed E-state index contributed by atoms with van der Waals surface area (Å²) < 4.78 is 0.639. The highest BCUT2D eigenvalue weighted by molar-refractivity contribution is 9.10. The number of carbonyl (C=O) groups excluding carboxylic acids is 1. The van der Waals surface area contributed by atoms with Crippen LogP contribution in [-0.4, -0.2) is 22.0 Å². The molecule has 0 aliphatic heterocycles. The first kappa shape index (κ1) is 14.2. The van der Waals surface area contributed by atoms with Gasteiger partial charge in [0.25, 0.3) is 0 Å². The second kappa shape index (κ2) is 6.29. The Hall–Kier alpha value is -2.21. The number of pyridine rings is 1. The van der Waals surface area contributed by atoms with E-state index in [1.54, 1.807) is 36.7 Å². The van der Waals surface area contributed by atoms with E-state index in [2.05, 4.69) is 26.2 Å². The smallest absolute Gasteiger partial charge is 0.337 e. The lowest BCUT2D eigenvalue weighted by atomic mass is 10.1. The van der Waals surface area contributed by atoms with Crippen molar-refractivity contribution >= 4 is 33.5 Å². The number of nitrogens with one attached hydrogen (secondary N) is 1. The van der Waals surface area contributed by atoms with E-state index in [0.717, 1.165) is 5.56 Å². The minimum absolute atomic E-state index is 0.0407. The highest BCUT2D eigenvalue weighted by atomic mass is 79.9. The Bertz CT molecular complexity index is 644. The fourth-order valence-electron chi connectivity index (χ4n) is 1.68. The van der Waals surface area contributed by atoms with Gasteiger partial charge in [0.1, 0.15) is 0 Å². The maximum atomic E-state index is 11.9. The molecule has 2 aromatic rings. The van der Waals surface area contributed by atoms with Crippen molar-refractivity contribution < 1.29 is 14.7 Å². The first-order valence-corrected chi connectivity index (χ1v) is 6.57. The van der Waals surface area contributed by atoms with Crippen LogP contribution in [0.1, 0.15) is 15.9 Å². The van der Waals surface area contributed by atoms with Crippen molar-refractivity contribution in [2.75, 3.05) is 5.32 Å². The van der Waals surface area contributed by atoms with Gasteiger partial charge in [-0.15, -0.1) is 0 Å². The number of hydrogen-bond acceptors (Lipinski definition) is 3. The minimum atomic E-state index is -1.09. The van der Waals surface area contributed by atoms with Crippen LogP contribution in [0.25, 0.3) is 0 Å². The van der Waals surface area contributed by atoms with Crippen molar-refractivity contribution in [1.29, 1.82) is 0 Å². The Kier molecular flexibility index (Phi) is 4.47. The highest BCUT2D eigenvalue weighted by Crippen LogP contribution is 2.21. The van der Waals surface area contributed by atoms with Crippen molar-refractivity contribution in [2.45, 2.75) is 6.42 Å². The molecule has 0 fully saturated rings. The molecular formula is C14H11BrN2O3. The monoisotopic (exact) mass is 334 g/mol. The molecule has 0 bridgehead atoms. The summed E-state index contributed by atoms with van der Waals surface area (Å²) in [5, 5.41) is 11.7. The first-order chi connectivity index (χ1) is 9.56. The SMILES string of the molecule is O=C(Cc1cccnc1)Nc1ccc(Br)cc1C(=O)O. The van der Waals surface area contributed by atoms with Crippen LogP contribution < -0.4 is 5.32 Å². The summed E-state index contributed by atoms with van der Waals surface area (Å²) in [6.45, 7) is 0. The lowest BCUT2D eigenvalue weighted by Gasteiger charge is -2.09. The zero-order valence-electron chi connectivity index (χ0n) is 10.3. The van der Waals surface area contributed by atoms with Gasteiger partial charge in [-0.25, -0.2) is 4.79 Å². The molecule has 1 aromatic heterocycles. The summed E-state index contributed by atoms with van der Waals surface area (Å²) >= 11 is 3.20. The molecule has 0 spiro atoms. The Morgan fingerprint density at radius 1 is 1.30 bits per heavy atom. The third-order valence-corrected chi connectivity index (χ3v) is 3.07. The fraction of sp³-hybridized carbons (Fsp3) is 0.0714. The summed E-state index contributed by atoms with van der Waals surface area (Å²) in [7, 11) is 0. The van der Waals surface area contributed by atoms with Crippen LogP contribution in [0.3, 0.4) is 0 Å². The van der Waals surface area contributed by atoms with Gasteiger partial charge in [-0.2, -0.15) is 0 Å². The third-order valence-electron chi connectivity index (χ3n) is 2.57. The predicted octanol–water partition coefficient (Wildman–Crippen LogP) is 2.72. The maximum Gasteiger partial charge on any atom is 0.337 e. The van der Waals surface area contributed by atoms with E-state index in [1.807, 2.05) is 0 Å². The molecule has 102 valence electrons. The standard InChI is InChI=1S/C14H11BrN2O3/c15-10-3-4-12(11(7-10)14(19)20)17-13(18)6-9-2-1-5-16-8-9/h1-5,7-8H,6H2,(H,17,18)(H,19,20). The van der Waals surface area contributed by atoms with Crippen LogP contribution in [0.15, 0.2) is 47.2 Å².